The number of amides is 2. The smallest absolute Gasteiger partial charge is 0.239 e. The highest BCUT2D eigenvalue weighted by Gasteiger charge is 2.37. The zero-order valence-corrected chi connectivity index (χ0v) is 13.6. The highest BCUT2D eigenvalue weighted by molar-refractivity contribution is 6.30. The Labute approximate surface area is 144 Å². The van der Waals surface area contributed by atoms with Gasteiger partial charge in [-0.2, -0.15) is 0 Å². The van der Waals surface area contributed by atoms with Crippen molar-refractivity contribution in [2.75, 3.05) is 11.4 Å². The molecule has 3 rings (SSSR count). The molecule has 2 aromatic carbocycles. The molecular formula is C18H16ClFN2O2. The van der Waals surface area contributed by atoms with E-state index >= 15 is 0 Å². The average Bonchev–Trinajstić information content (AvgIpc) is 2.95. The Bertz CT molecular complexity index is 764. The van der Waals surface area contributed by atoms with Crippen molar-refractivity contribution in [3.05, 3.63) is 64.9 Å². The van der Waals surface area contributed by atoms with Crippen LogP contribution < -0.4 is 10.2 Å². The van der Waals surface area contributed by atoms with Crippen molar-refractivity contribution in [3.63, 3.8) is 0 Å². The van der Waals surface area contributed by atoms with Gasteiger partial charge in [-0.3, -0.25) is 9.59 Å². The summed E-state index contributed by atoms with van der Waals surface area (Å²) in [5.74, 6) is -1.63. The van der Waals surface area contributed by atoms with E-state index in [1.807, 2.05) is 0 Å². The summed E-state index contributed by atoms with van der Waals surface area (Å²) in [5.41, 5.74) is 1.38. The maximum absolute atomic E-state index is 13.1. The average molecular weight is 347 g/mol. The van der Waals surface area contributed by atoms with Crippen LogP contribution in [0.1, 0.15) is 12.0 Å². The molecule has 1 saturated heterocycles. The van der Waals surface area contributed by atoms with E-state index in [9.17, 15) is 14.0 Å². The number of hydrogen-bond donors (Lipinski definition) is 1. The number of rotatable bonds is 4. The molecule has 0 radical (unpaired) electrons. The molecule has 1 aliphatic heterocycles. The lowest BCUT2D eigenvalue weighted by Crippen LogP contribution is -2.36. The highest BCUT2D eigenvalue weighted by atomic mass is 35.5. The third-order valence-electron chi connectivity index (χ3n) is 4.02. The SMILES string of the molecule is O=C(NCc1cccc(F)c1)[C@H]1CCN(c2ccc(Cl)cc2)C1=O. The maximum Gasteiger partial charge on any atom is 0.239 e. The highest BCUT2D eigenvalue weighted by Crippen LogP contribution is 2.26. The second-order valence-electron chi connectivity index (χ2n) is 5.66. The van der Waals surface area contributed by atoms with Gasteiger partial charge in [0.25, 0.3) is 0 Å². The normalized spacial score (nSPS) is 17.2. The van der Waals surface area contributed by atoms with E-state index in [1.54, 1.807) is 41.3 Å². The quantitative estimate of drug-likeness (QED) is 0.865. The van der Waals surface area contributed by atoms with Gasteiger partial charge >= 0.3 is 0 Å². The van der Waals surface area contributed by atoms with Crippen molar-refractivity contribution in [2.45, 2.75) is 13.0 Å². The summed E-state index contributed by atoms with van der Waals surface area (Å²) in [5, 5.41) is 3.30. The molecule has 1 heterocycles. The van der Waals surface area contributed by atoms with Crippen LogP contribution in [0.3, 0.4) is 0 Å². The molecule has 0 aliphatic carbocycles. The van der Waals surface area contributed by atoms with Crippen LogP contribution in [-0.4, -0.2) is 18.4 Å². The molecule has 1 N–H and O–H groups in total. The maximum atomic E-state index is 13.1. The Morgan fingerprint density at radius 1 is 1.25 bits per heavy atom. The molecule has 1 fully saturated rings. The van der Waals surface area contributed by atoms with Crippen molar-refractivity contribution in [1.29, 1.82) is 0 Å². The number of nitrogens with zero attached hydrogens (tertiary/aromatic N) is 1. The Balaban J connectivity index is 1.62. The standard InChI is InChI=1S/C18H16ClFN2O2/c19-13-4-6-15(7-5-13)22-9-8-16(18(22)24)17(23)21-11-12-2-1-3-14(20)10-12/h1-7,10,16H,8-9,11H2,(H,21,23)/t16-/m1/s1. The fourth-order valence-corrected chi connectivity index (χ4v) is 2.89. The van der Waals surface area contributed by atoms with E-state index in [0.717, 1.165) is 5.69 Å². The van der Waals surface area contributed by atoms with Crippen molar-refractivity contribution >= 4 is 29.1 Å². The van der Waals surface area contributed by atoms with E-state index in [-0.39, 0.29) is 24.2 Å². The minimum absolute atomic E-state index is 0.196. The fraction of sp³-hybridized carbons (Fsp3) is 0.222. The number of nitrogens with one attached hydrogen (secondary N) is 1. The predicted octanol–water partition coefficient (Wildman–Crippen LogP) is 3.15. The lowest BCUT2D eigenvalue weighted by atomic mass is 10.1. The first-order valence-electron chi connectivity index (χ1n) is 7.64. The molecule has 0 saturated carbocycles. The molecule has 1 atom stereocenters. The van der Waals surface area contributed by atoms with Crippen LogP contribution in [0.4, 0.5) is 10.1 Å². The topological polar surface area (TPSA) is 49.4 Å². The van der Waals surface area contributed by atoms with Gasteiger partial charge in [0.05, 0.1) is 0 Å². The van der Waals surface area contributed by atoms with Crippen molar-refractivity contribution in [3.8, 4) is 0 Å². The number of anilines is 1. The van der Waals surface area contributed by atoms with Gasteiger partial charge in [-0.1, -0.05) is 23.7 Å². The number of halogens is 2. The van der Waals surface area contributed by atoms with Gasteiger partial charge in [0.1, 0.15) is 11.7 Å². The Morgan fingerprint density at radius 3 is 2.71 bits per heavy atom. The van der Waals surface area contributed by atoms with Gasteiger partial charge in [0, 0.05) is 23.8 Å². The number of benzene rings is 2. The van der Waals surface area contributed by atoms with Crippen molar-refractivity contribution in [2.24, 2.45) is 5.92 Å². The van der Waals surface area contributed by atoms with Crippen LogP contribution in [0.5, 0.6) is 0 Å². The fourth-order valence-electron chi connectivity index (χ4n) is 2.76. The van der Waals surface area contributed by atoms with Crippen molar-refractivity contribution in [1.82, 2.24) is 5.32 Å². The Hall–Kier alpha value is -2.40. The molecule has 0 unspecified atom stereocenters. The Kier molecular flexibility index (Phi) is 4.81. The molecule has 0 aromatic heterocycles. The molecule has 4 nitrogen and oxygen atoms in total. The summed E-state index contributed by atoms with van der Waals surface area (Å²) in [6, 6.07) is 12.9. The minimum Gasteiger partial charge on any atom is -0.351 e. The molecular weight excluding hydrogens is 331 g/mol. The lowest BCUT2D eigenvalue weighted by Gasteiger charge is -2.17. The first-order valence-corrected chi connectivity index (χ1v) is 8.01. The molecule has 124 valence electrons. The van der Waals surface area contributed by atoms with E-state index in [0.29, 0.717) is 23.6 Å². The second-order valence-corrected chi connectivity index (χ2v) is 6.09. The van der Waals surface area contributed by atoms with Crippen LogP contribution in [0, 0.1) is 11.7 Å². The third kappa shape index (κ3) is 3.57. The molecule has 0 bridgehead atoms. The number of carbonyl (C=O) groups is 2. The van der Waals surface area contributed by atoms with Gasteiger partial charge in [0.2, 0.25) is 11.8 Å². The molecule has 0 spiro atoms. The number of carbonyl (C=O) groups excluding carboxylic acids is 2. The molecule has 2 amide bonds. The monoisotopic (exact) mass is 346 g/mol. The third-order valence-corrected chi connectivity index (χ3v) is 4.27. The summed E-state index contributed by atoms with van der Waals surface area (Å²) in [4.78, 5) is 26.3. The minimum atomic E-state index is -0.714. The summed E-state index contributed by atoms with van der Waals surface area (Å²) in [6.07, 6.45) is 0.455. The van der Waals surface area contributed by atoms with Gasteiger partial charge in [-0.15, -0.1) is 0 Å². The largest absolute Gasteiger partial charge is 0.351 e. The van der Waals surface area contributed by atoms with Gasteiger partial charge in [-0.05, 0) is 48.4 Å². The van der Waals surface area contributed by atoms with Crippen molar-refractivity contribution < 1.29 is 14.0 Å². The van der Waals surface area contributed by atoms with Crippen LogP contribution in [-0.2, 0) is 16.1 Å². The predicted molar refractivity (Wildman–Crippen MR) is 90.2 cm³/mol. The van der Waals surface area contributed by atoms with E-state index in [2.05, 4.69) is 5.32 Å². The van der Waals surface area contributed by atoms with E-state index < -0.39 is 5.92 Å². The Morgan fingerprint density at radius 2 is 2.00 bits per heavy atom. The lowest BCUT2D eigenvalue weighted by molar-refractivity contribution is -0.132. The molecule has 24 heavy (non-hydrogen) atoms. The van der Waals surface area contributed by atoms with Crippen LogP contribution in [0.25, 0.3) is 0 Å². The van der Waals surface area contributed by atoms with E-state index in [4.69, 9.17) is 11.6 Å². The van der Waals surface area contributed by atoms with Gasteiger partial charge in [-0.25, -0.2) is 4.39 Å². The van der Waals surface area contributed by atoms with Gasteiger partial charge in [0.15, 0.2) is 0 Å². The summed E-state index contributed by atoms with van der Waals surface area (Å²) >= 11 is 5.85. The van der Waals surface area contributed by atoms with Crippen LogP contribution >= 0.6 is 11.6 Å². The number of hydrogen-bond acceptors (Lipinski definition) is 2. The second kappa shape index (κ2) is 7.01. The van der Waals surface area contributed by atoms with Crippen LogP contribution in [0.15, 0.2) is 48.5 Å². The van der Waals surface area contributed by atoms with Gasteiger partial charge < -0.3 is 10.2 Å². The first-order chi connectivity index (χ1) is 11.5. The van der Waals surface area contributed by atoms with Crippen LogP contribution in [0.2, 0.25) is 5.02 Å². The first kappa shape index (κ1) is 16.5. The summed E-state index contributed by atoms with van der Waals surface area (Å²) in [7, 11) is 0. The zero-order chi connectivity index (χ0) is 17.1. The summed E-state index contributed by atoms with van der Waals surface area (Å²) < 4.78 is 13.1. The molecule has 2 aromatic rings. The molecule has 1 aliphatic rings. The zero-order valence-electron chi connectivity index (χ0n) is 12.8. The van der Waals surface area contributed by atoms with E-state index in [1.165, 1.54) is 12.1 Å². The molecule has 6 heteroatoms. The summed E-state index contributed by atoms with van der Waals surface area (Å²) in [6.45, 7) is 0.680.